The van der Waals surface area contributed by atoms with Crippen molar-refractivity contribution < 1.29 is 9.53 Å². The highest BCUT2D eigenvalue weighted by atomic mass is 16.6. The summed E-state index contributed by atoms with van der Waals surface area (Å²) in [6.45, 7) is 7.96. The summed E-state index contributed by atoms with van der Waals surface area (Å²) in [5.74, 6) is 0. The average Bonchev–Trinajstić information content (AvgIpc) is 2.64. The van der Waals surface area contributed by atoms with Gasteiger partial charge in [-0.1, -0.05) is 0 Å². The Morgan fingerprint density at radius 1 is 1.43 bits per heavy atom. The molecule has 0 saturated heterocycles. The molecule has 1 amide bonds. The Labute approximate surface area is 83.9 Å². The lowest BCUT2D eigenvalue weighted by Crippen LogP contribution is -2.34. The second kappa shape index (κ2) is 3.55. The zero-order valence-corrected chi connectivity index (χ0v) is 9.13. The van der Waals surface area contributed by atoms with Crippen LogP contribution in [0.15, 0.2) is 10.2 Å². The van der Waals surface area contributed by atoms with Gasteiger partial charge in [0.1, 0.15) is 5.60 Å². The molecule has 0 aromatic heterocycles. The van der Waals surface area contributed by atoms with Crippen LogP contribution in [-0.4, -0.2) is 23.9 Å². The van der Waals surface area contributed by atoms with Crippen LogP contribution in [0.25, 0.3) is 0 Å². The number of amides is 1. The van der Waals surface area contributed by atoms with Crippen molar-refractivity contribution in [3.63, 3.8) is 0 Å². The van der Waals surface area contributed by atoms with E-state index in [0.717, 1.165) is 6.42 Å². The molecule has 0 atom stereocenters. The maximum Gasteiger partial charge on any atom is 0.407 e. The van der Waals surface area contributed by atoms with E-state index in [9.17, 15) is 4.79 Å². The molecule has 14 heavy (non-hydrogen) atoms. The fraction of sp³-hybridized carbons (Fsp3) is 0.889. The van der Waals surface area contributed by atoms with Crippen LogP contribution in [0.4, 0.5) is 4.79 Å². The van der Waals surface area contributed by atoms with Crippen LogP contribution >= 0.6 is 0 Å². The maximum atomic E-state index is 11.2. The molecule has 5 heteroatoms. The molecule has 0 bridgehead atoms. The minimum absolute atomic E-state index is 0.255. The molecule has 0 spiro atoms. The van der Waals surface area contributed by atoms with Gasteiger partial charge in [-0.25, -0.2) is 4.79 Å². The topological polar surface area (TPSA) is 63.0 Å². The Morgan fingerprint density at radius 2 is 2.00 bits per heavy atom. The highest BCUT2D eigenvalue weighted by molar-refractivity contribution is 5.67. The predicted molar refractivity (Wildman–Crippen MR) is 52.1 cm³/mol. The Hall–Kier alpha value is -1.13. The first-order valence-electron chi connectivity index (χ1n) is 4.72. The number of hydrogen-bond acceptors (Lipinski definition) is 4. The SMILES string of the molecule is CC1(CCNC(=O)OC(C)(C)C)N=N1. The summed E-state index contributed by atoms with van der Waals surface area (Å²) < 4.78 is 5.06. The molecule has 0 unspecified atom stereocenters. The normalized spacial score (nSPS) is 17.7. The molecule has 1 aliphatic rings. The molecule has 1 aliphatic heterocycles. The van der Waals surface area contributed by atoms with Gasteiger partial charge in [0.25, 0.3) is 0 Å². The predicted octanol–water partition coefficient (Wildman–Crippen LogP) is 2.08. The fourth-order valence-electron chi connectivity index (χ4n) is 0.901. The van der Waals surface area contributed by atoms with Gasteiger partial charge in [-0.3, -0.25) is 0 Å². The van der Waals surface area contributed by atoms with Crippen LogP contribution in [0.1, 0.15) is 34.1 Å². The number of rotatable bonds is 3. The number of carbonyl (C=O) groups is 1. The molecule has 80 valence electrons. The lowest BCUT2D eigenvalue weighted by molar-refractivity contribution is 0.0526. The Balaban J connectivity index is 2.09. The molecule has 1 N–H and O–H groups in total. The summed E-state index contributed by atoms with van der Waals surface area (Å²) in [6.07, 6.45) is 0.341. The first-order chi connectivity index (χ1) is 6.31. The third-order valence-corrected chi connectivity index (χ3v) is 1.71. The van der Waals surface area contributed by atoms with Crippen LogP contribution in [0, 0.1) is 0 Å². The molecular formula is C9H17N3O2. The van der Waals surface area contributed by atoms with E-state index in [2.05, 4.69) is 15.5 Å². The highest BCUT2D eigenvalue weighted by Gasteiger charge is 2.33. The molecule has 0 radical (unpaired) electrons. The molecule has 0 fully saturated rings. The van der Waals surface area contributed by atoms with E-state index in [1.165, 1.54) is 0 Å². The largest absolute Gasteiger partial charge is 0.444 e. The van der Waals surface area contributed by atoms with Crippen LogP contribution < -0.4 is 5.32 Å². The number of carbonyl (C=O) groups excluding carboxylic acids is 1. The molecule has 0 aromatic carbocycles. The third-order valence-electron chi connectivity index (χ3n) is 1.71. The Morgan fingerprint density at radius 3 is 2.43 bits per heavy atom. The smallest absolute Gasteiger partial charge is 0.407 e. The molecule has 5 nitrogen and oxygen atoms in total. The van der Waals surface area contributed by atoms with Gasteiger partial charge in [0, 0.05) is 13.0 Å². The Bertz CT molecular complexity index is 249. The molecule has 0 aromatic rings. The van der Waals surface area contributed by atoms with Crippen molar-refractivity contribution in [3.8, 4) is 0 Å². The van der Waals surface area contributed by atoms with Crippen molar-refractivity contribution >= 4 is 6.09 Å². The molecule has 0 saturated carbocycles. The number of alkyl carbamates (subject to hydrolysis) is 1. The van der Waals surface area contributed by atoms with E-state index < -0.39 is 5.60 Å². The number of nitrogens with zero attached hydrogens (tertiary/aromatic N) is 2. The first-order valence-corrected chi connectivity index (χ1v) is 4.72. The molecule has 0 aliphatic carbocycles. The van der Waals surface area contributed by atoms with Gasteiger partial charge in [0.15, 0.2) is 5.66 Å². The van der Waals surface area contributed by atoms with Crippen LogP contribution in [-0.2, 0) is 4.74 Å². The number of ether oxygens (including phenoxy) is 1. The standard InChI is InChI=1S/C9H17N3O2/c1-8(2,3)14-7(13)10-6-5-9(4)11-12-9/h5-6H2,1-4H3,(H,10,13). The van der Waals surface area contributed by atoms with Gasteiger partial charge in [0.05, 0.1) is 0 Å². The minimum Gasteiger partial charge on any atom is -0.444 e. The summed E-state index contributed by atoms with van der Waals surface area (Å²) in [7, 11) is 0. The van der Waals surface area contributed by atoms with Crippen molar-refractivity contribution in [1.82, 2.24) is 5.32 Å². The van der Waals surface area contributed by atoms with E-state index in [4.69, 9.17) is 4.74 Å². The van der Waals surface area contributed by atoms with Crippen LogP contribution in [0.3, 0.4) is 0 Å². The molecule has 1 heterocycles. The summed E-state index contributed by atoms with van der Waals surface area (Å²) in [5, 5.41) is 10.3. The van der Waals surface area contributed by atoms with E-state index in [1.54, 1.807) is 0 Å². The lowest BCUT2D eigenvalue weighted by atomic mass is 10.2. The van der Waals surface area contributed by atoms with Crippen LogP contribution in [0.2, 0.25) is 0 Å². The minimum atomic E-state index is -0.442. The van der Waals surface area contributed by atoms with Crippen molar-refractivity contribution in [2.75, 3.05) is 6.54 Å². The van der Waals surface area contributed by atoms with Crippen molar-refractivity contribution in [2.24, 2.45) is 10.2 Å². The Kier molecular flexibility index (Phi) is 2.78. The second-order valence-corrected chi connectivity index (χ2v) is 4.60. The average molecular weight is 199 g/mol. The number of hydrogen-bond donors (Lipinski definition) is 1. The van der Waals surface area contributed by atoms with Crippen molar-refractivity contribution in [3.05, 3.63) is 0 Å². The summed E-state index contributed by atoms with van der Waals surface area (Å²) >= 11 is 0. The number of nitrogens with one attached hydrogen (secondary N) is 1. The van der Waals surface area contributed by atoms with Gasteiger partial charge < -0.3 is 10.1 Å². The van der Waals surface area contributed by atoms with Gasteiger partial charge in [-0.2, -0.15) is 10.2 Å². The van der Waals surface area contributed by atoms with E-state index in [-0.39, 0.29) is 11.8 Å². The van der Waals surface area contributed by atoms with Gasteiger partial charge >= 0.3 is 6.09 Å². The van der Waals surface area contributed by atoms with Gasteiger partial charge in [0.2, 0.25) is 0 Å². The molecule has 1 rings (SSSR count). The third kappa shape index (κ3) is 4.20. The second-order valence-electron chi connectivity index (χ2n) is 4.60. The monoisotopic (exact) mass is 199 g/mol. The highest BCUT2D eigenvalue weighted by Crippen LogP contribution is 2.29. The van der Waals surface area contributed by atoms with Crippen molar-refractivity contribution in [2.45, 2.75) is 45.4 Å². The van der Waals surface area contributed by atoms with E-state index >= 15 is 0 Å². The fourth-order valence-corrected chi connectivity index (χ4v) is 0.901. The van der Waals surface area contributed by atoms with Gasteiger partial charge in [-0.05, 0) is 27.7 Å². The molecular weight excluding hydrogens is 182 g/mol. The maximum absolute atomic E-state index is 11.2. The van der Waals surface area contributed by atoms with E-state index in [1.807, 2.05) is 27.7 Å². The summed E-state index contributed by atoms with van der Waals surface area (Å²) in [5.41, 5.74) is -0.697. The lowest BCUT2D eigenvalue weighted by Gasteiger charge is -2.19. The summed E-state index contributed by atoms with van der Waals surface area (Å²) in [6, 6.07) is 0. The van der Waals surface area contributed by atoms with Crippen LogP contribution in [0.5, 0.6) is 0 Å². The zero-order chi connectivity index (χ0) is 10.8. The van der Waals surface area contributed by atoms with Crippen molar-refractivity contribution in [1.29, 1.82) is 0 Å². The first kappa shape index (κ1) is 10.9. The quantitative estimate of drug-likeness (QED) is 0.756. The zero-order valence-electron chi connectivity index (χ0n) is 9.13. The van der Waals surface area contributed by atoms with Gasteiger partial charge in [-0.15, -0.1) is 0 Å². The summed E-state index contributed by atoms with van der Waals surface area (Å²) in [4.78, 5) is 11.2. The van der Waals surface area contributed by atoms with E-state index in [0.29, 0.717) is 6.54 Å².